The molecule has 2 heterocycles. The van der Waals surface area contributed by atoms with Crippen molar-refractivity contribution in [1.29, 1.82) is 0 Å². The summed E-state index contributed by atoms with van der Waals surface area (Å²) in [4.78, 5) is 6.22. The molecule has 3 nitrogen and oxygen atoms in total. The maximum absolute atomic E-state index is 13.1. The molecule has 1 aromatic rings. The zero-order chi connectivity index (χ0) is 13.0. The molecule has 0 saturated carbocycles. The summed E-state index contributed by atoms with van der Waals surface area (Å²) in [6.45, 7) is 3.58. The van der Waals surface area contributed by atoms with Gasteiger partial charge in [0.05, 0.1) is 12.3 Å². The average Bonchev–Trinajstić information content (AvgIpc) is 2.31. The van der Waals surface area contributed by atoms with Crippen molar-refractivity contribution >= 4 is 0 Å². The van der Waals surface area contributed by atoms with E-state index in [4.69, 9.17) is 0 Å². The van der Waals surface area contributed by atoms with Crippen molar-refractivity contribution in [2.24, 2.45) is 0 Å². The van der Waals surface area contributed by atoms with Gasteiger partial charge in [-0.1, -0.05) is 6.42 Å². The number of halogens is 1. The molecule has 0 radical (unpaired) electrons. The number of rotatable bonds is 4. The van der Waals surface area contributed by atoms with Gasteiger partial charge in [0.15, 0.2) is 0 Å². The van der Waals surface area contributed by atoms with Crippen LogP contribution in [0, 0.1) is 5.82 Å². The second-order valence-corrected chi connectivity index (χ2v) is 5.22. The Morgan fingerprint density at radius 2 is 2.33 bits per heavy atom. The number of piperidine rings is 1. The van der Waals surface area contributed by atoms with E-state index in [0.717, 1.165) is 31.5 Å². The van der Waals surface area contributed by atoms with Gasteiger partial charge in [0.2, 0.25) is 0 Å². The minimum atomic E-state index is -0.281. The molecule has 0 bridgehead atoms. The van der Waals surface area contributed by atoms with Gasteiger partial charge in [-0.2, -0.15) is 0 Å². The lowest BCUT2D eigenvalue weighted by Crippen LogP contribution is -2.40. The lowest BCUT2D eigenvalue weighted by molar-refractivity contribution is 0.0816. The van der Waals surface area contributed by atoms with Crippen LogP contribution >= 0.6 is 0 Å². The number of aliphatic hydroxyl groups excluding tert-OH is 1. The van der Waals surface area contributed by atoms with Crippen LogP contribution in [0.25, 0.3) is 0 Å². The van der Waals surface area contributed by atoms with Gasteiger partial charge in [-0.15, -0.1) is 0 Å². The first kappa shape index (κ1) is 13.4. The van der Waals surface area contributed by atoms with Gasteiger partial charge in [0.1, 0.15) is 5.82 Å². The topological polar surface area (TPSA) is 36.4 Å². The molecular formula is C14H21FN2O. The van der Waals surface area contributed by atoms with Gasteiger partial charge in [-0.25, -0.2) is 4.39 Å². The Bertz CT molecular complexity index is 384. The summed E-state index contributed by atoms with van der Waals surface area (Å²) < 4.78 is 13.1. The lowest BCUT2D eigenvalue weighted by atomic mass is 9.97. The van der Waals surface area contributed by atoms with Crippen molar-refractivity contribution in [2.75, 3.05) is 6.54 Å². The largest absolute Gasteiger partial charge is 0.393 e. The Hall–Kier alpha value is -1.00. The highest BCUT2D eigenvalue weighted by atomic mass is 19.1. The maximum atomic E-state index is 13.1. The summed E-state index contributed by atoms with van der Waals surface area (Å²) in [5, 5.41) is 9.53. The number of hydrogen-bond donors (Lipinski definition) is 1. The van der Waals surface area contributed by atoms with E-state index in [-0.39, 0.29) is 11.9 Å². The Labute approximate surface area is 108 Å². The highest BCUT2D eigenvalue weighted by molar-refractivity contribution is 5.10. The molecule has 1 fully saturated rings. The fourth-order valence-corrected chi connectivity index (χ4v) is 2.71. The van der Waals surface area contributed by atoms with Crippen LogP contribution < -0.4 is 0 Å². The van der Waals surface area contributed by atoms with E-state index in [0.29, 0.717) is 6.04 Å². The predicted molar refractivity (Wildman–Crippen MR) is 68.5 cm³/mol. The number of likely N-dealkylation sites (tertiary alicyclic amines) is 1. The smallest absolute Gasteiger partial charge is 0.141 e. The third kappa shape index (κ3) is 3.75. The van der Waals surface area contributed by atoms with E-state index in [1.54, 1.807) is 12.3 Å². The Balaban J connectivity index is 2.00. The van der Waals surface area contributed by atoms with Gasteiger partial charge in [0, 0.05) is 18.8 Å². The average molecular weight is 252 g/mol. The summed E-state index contributed by atoms with van der Waals surface area (Å²) in [6.07, 6.45) is 6.98. The molecule has 2 unspecified atom stereocenters. The van der Waals surface area contributed by atoms with Crippen LogP contribution in [0.2, 0.25) is 0 Å². The molecule has 0 aromatic carbocycles. The van der Waals surface area contributed by atoms with Gasteiger partial charge in [-0.05, 0) is 44.4 Å². The second-order valence-electron chi connectivity index (χ2n) is 5.22. The van der Waals surface area contributed by atoms with E-state index in [2.05, 4.69) is 9.88 Å². The maximum Gasteiger partial charge on any atom is 0.141 e. The highest BCUT2D eigenvalue weighted by Gasteiger charge is 2.23. The summed E-state index contributed by atoms with van der Waals surface area (Å²) >= 11 is 0. The Morgan fingerprint density at radius 3 is 3.06 bits per heavy atom. The van der Waals surface area contributed by atoms with Crippen LogP contribution in [0.4, 0.5) is 4.39 Å². The molecule has 100 valence electrons. The fourth-order valence-electron chi connectivity index (χ4n) is 2.71. The third-order valence-corrected chi connectivity index (χ3v) is 3.51. The summed E-state index contributed by atoms with van der Waals surface area (Å²) in [5.41, 5.74) is 0.910. The number of aromatic nitrogens is 1. The summed E-state index contributed by atoms with van der Waals surface area (Å²) in [5.74, 6) is -0.281. The van der Waals surface area contributed by atoms with Crippen molar-refractivity contribution in [3.05, 3.63) is 29.8 Å². The fraction of sp³-hybridized carbons (Fsp3) is 0.643. The van der Waals surface area contributed by atoms with Crippen LogP contribution in [-0.2, 0) is 6.54 Å². The molecule has 18 heavy (non-hydrogen) atoms. The second kappa shape index (κ2) is 6.25. The van der Waals surface area contributed by atoms with Gasteiger partial charge in [-0.3, -0.25) is 9.88 Å². The standard InChI is InChI=1S/C14H21FN2O/c1-11(18)6-14-4-2-3-5-17(14)10-12-7-13(15)9-16-8-12/h7-9,11,14,18H,2-6,10H2,1H3. The molecule has 1 aliphatic heterocycles. The third-order valence-electron chi connectivity index (χ3n) is 3.51. The quantitative estimate of drug-likeness (QED) is 0.893. The molecule has 2 rings (SSSR count). The van der Waals surface area contributed by atoms with Crippen molar-refractivity contribution in [3.8, 4) is 0 Å². The molecule has 0 amide bonds. The van der Waals surface area contributed by atoms with Crippen molar-refractivity contribution in [1.82, 2.24) is 9.88 Å². The number of aliphatic hydroxyl groups is 1. The molecule has 2 atom stereocenters. The number of nitrogens with zero attached hydrogens (tertiary/aromatic N) is 2. The number of pyridine rings is 1. The van der Waals surface area contributed by atoms with E-state index >= 15 is 0 Å². The predicted octanol–water partition coefficient (Wildman–Crippen LogP) is 2.35. The van der Waals surface area contributed by atoms with Gasteiger partial charge in [0.25, 0.3) is 0 Å². The highest BCUT2D eigenvalue weighted by Crippen LogP contribution is 2.23. The molecular weight excluding hydrogens is 231 g/mol. The molecule has 1 saturated heterocycles. The van der Waals surface area contributed by atoms with Crippen LogP contribution in [0.5, 0.6) is 0 Å². The van der Waals surface area contributed by atoms with E-state index in [1.807, 2.05) is 6.92 Å². The zero-order valence-corrected chi connectivity index (χ0v) is 10.8. The first-order valence-corrected chi connectivity index (χ1v) is 6.66. The van der Waals surface area contributed by atoms with Gasteiger partial charge < -0.3 is 5.11 Å². The normalized spacial score (nSPS) is 22.9. The van der Waals surface area contributed by atoms with Crippen molar-refractivity contribution in [3.63, 3.8) is 0 Å². The molecule has 1 aliphatic rings. The molecule has 4 heteroatoms. The van der Waals surface area contributed by atoms with Crippen LogP contribution in [0.3, 0.4) is 0 Å². The van der Waals surface area contributed by atoms with Crippen molar-refractivity contribution in [2.45, 2.75) is 51.3 Å². The van der Waals surface area contributed by atoms with Crippen LogP contribution in [-0.4, -0.2) is 33.7 Å². The lowest BCUT2D eigenvalue weighted by Gasteiger charge is -2.36. The van der Waals surface area contributed by atoms with Gasteiger partial charge >= 0.3 is 0 Å². The van der Waals surface area contributed by atoms with E-state index in [9.17, 15) is 9.50 Å². The Kier molecular flexibility index (Phi) is 4.66. The van der Waals surface area contributed by atoms with E-state index in [1.165, 1.54) is 19.0 Å². The van der Waals surface area contributed by atoms with Crippen LogP contribution in [0.15, 0.2) is 18.5 Å². The molecule has 0 aliphatic carbocycles. The molecule has 1 N–H and O–H groups in total. The minimum Gasteiger partial charge on any atom is -0.393 e. The Morgan fingerprint density at radius 1 is 1.50 bits per heavy atom. The monoisotopic (exact) mass is 252 g/mol. The summed E-state index contributed by atoms with van der Waals surface area (Å²) in [6, 6.07) is 1.95. The molecule has 1 aromatic heterocycles. The minimum absolute atomic E-state index is 0.277. The summed E-state index contributed by atoms with van der Waals surface area (Å²) in [7, 11) is 0. The van der Waals surface area contributed by atoms with Crippen LogP contribution in [0.1, 0.15) is 38.2 Å². The van der Waals surface area contributed by atoms with E-state index < -0.39 is 0 Å². The zero-order valence-electron chi connectivity index (χ0n) is 10.8. The number of hydrogen-bond acceptors (Lipinski definition) is 3. The first-order valence-electron chi connectivity index (χ1n) is 6.66. The van der Waals surface area contributed by atoms with Crippen molar-refractivity contribution < 1.29 is 9.50 Å². The first-order chi connectivity index (χ1) is 8.65. The SMILES string of the molecule is CC(O)CC1CCCCN1Cc1cncc(F)c1. The molecule has 0 spiro atoms.